The monoisotopic (exact) mass is 359 g/mol. The Labute approximate surface area is 155 Å². The Kier molecular flexibility index (Phi) is 4.30. The molecule has 0 unspecified atom stereocenters. The number of carbonyl (C=O) groups is 1. The minimum absolute atomic E-state index is 0.0380. The van der Waals surface area contributed by atoms with Crippen molar-refractivity contribution in [3.05, 3.63) is 78.4 Å². The van der Waals surface area contributed by atoms with Crippen molar-refractivity contribution in [2.24, 2.45) is 0 Å². The number of pyridine rings is 2. The van der Waals surface area contributed by atoms with Crippen LogP contribution < -0.4 is 4.74 Å². The van der Waals surface area contributed by atoms with Crippen LogP contribution in [-0.4, -0.2) is 32.7 Å². The normalized spacial score (nSPS) is 10.9. The van der Waals surface area contributed by atoms with Crippen LogP contribution in [-0.2, 0) is 6.54 Å². The average molecular weight is 359 g/mol. The lowest BCUT2D eigenvalue weighted by Crippen LogP contribution is -2.07. The van der Waals surface area contributed by atoms with Gasteiger partial charge in [0, 0.05) is 34.6 Å². The molecular weight excluding hydrogens is 342 g/mol. The largest absolute Gasteiger partial charge is 0.497 e. The van der Waals surface area contributed by atoms with Gasteiger partial charge in [0.15, 0.2) is 0 Å². The van der Waals surface area contributed by atoms with E-state index in [1.807, 2.05) is 36.4 Å². The van der Waals surface area contributed by atoms with Gasteiger partial charge in [-0.25, -0.2) is 9.78 Å². The highest BCUT2D eigenvalue weighted by atomic mass is 16.5. The molecule has 0 spiro atoms. The number of hydrogen-bond donors (Lipinski definition) is 1. The second kappa shape index (κ2) is 6.92. The van der Waals surface area contributed by atoms with Crippen LogP contribution in [0.1, 0.15) is 16.2 Å². The Morgan fingerprint density at radius 3 is 2.67 bits per heavy atom. The highest BCUT2D eigenvalue weighted by Gasteiger charge is 2.13. The van der Waals surface area contributed by atoms with Gasteiger partial charge in [0.1, 0.15) is 11.4 Å². The first-order valence-corrected chi connectivity index (χ1v) is 8.42. The third-order valence-electron chi connectivity index (χ3n) is 4.43. The van der Waals surface area contributed by atoms with Gasteiger partial charge in [-0.3, -0.25) is 4.98 Å². The summed E-state index contributed by atoms with van der Waals surface area (Å²) in [6, 6.07) is 16.9. The second-order valence-corrected chi connectivity index (χ2v) is 6.10. The molecule has 1 aromatic carbocycles. The summed E-state index contributed by atoms with van der Waals surface area (Å²) in [6.45, 7) is 0.453. The van der Waals surface area contributed by atoms with E-state index in [1.165, 1.54) is 6.07 Å². The number of methoxy groups -OCH3 is 1. The first-order chi connectivity index (χ1) is 13.2. The summed E-state index contributed by atoms with van der Waals surface area (Å²) in [5.41, 5.74) is 3.76. The van der Waals surface area contributed by atoms with Crippen LogP contribution in [0.15, 0.2) is 67.0 Å². The zero-order chi connectivity index (χ0) is 18.8. The van der Waals surface area contributed by atoms with Gasteiger partial charge in [-0.15, -0.1) is 0 Å². The zero-order valence-electron chi connectivity index (χ0n) is 14.7. The summed E-state index contributed by atoms with van der Waals surface area (Å²) in [4.78, 5) is 19.6. The predicted molar refractivity (Wildman–Crippen MR) is 102 cm³/mol. The van der Waals surface area contributed by atoms with Gasteiger partial charge in [-0.2, -0.15) is 0 Å². The van der Waals surface area contributed by atoms with Gasteiger partial charge in [-0.1, -0.05) is 6.07 Å². The van der Waals surface area contributed by atoms with Crippen LogP contribution in [0.4, 0.5) is 0 Å². The van der Waals surface area contributed by atoms with Crippen LogP contribution in [0.3, 0.4) is 0 Å². The quantitative estimate of drug-likeness (QED) is 0.586. The van der Waals surface area contributed by atoms with Crippen molar-refractivity contribution in [2.45, 2.75) is 6.54 Å². The molecule has 6 heteroatoms. The van der Waals surface area contributed by atoms with Crippen LogP contribution in [0.2, 0.25) is 0 Å². The highest BCUT2D eigenvalue weighted by Crippen LogP contribution is 2.31. The van der Waals surface area contributed by atoms with E-state index >= 15 is 0 Å². The fourth-order valence-corrected chi connectivity index (χ4v) is 3.16. The number of hydrogen-bond acceptors (Lipinski definition) is 4. The molecule has 0 bridgehead atoms. The standard InChI is InChI=1S/C21H17N3O3/c1-27-17-5-6-19-15(11-17)12-20(14-7-9-22-10-8-14)24(19)13-16-3-2-4-18(23-16)21(25)26/h2-12H,13H2,1H3,(H,25,26). The number of aromatic nitrogens is 3. The van der Waals surface area contributed by atoms with Crippen molar-refractivity contribution >= 4 is 16.9 Å². The lowest BCUT2D eigenvalue weighted by Gasteiger charge is -2.11. The number of benzene rings is 1. The minimum atomic E-state index is -1.03. The number of carboxylic acid groups (broad SMARTS) is 1. The summed E-state index contributed by atoms with van der Waals surface area (Å²) in [5.74, 6) is -0.250. The maximum Gasteiger partial charge on any atom is 0.354 e. The fourth-order valence-electron chi connectivity index (χ4n) is 3.16. The molecule has 134 valence electrons. The molecule has 6 nitrogen and oxygen atoms in total. The number of nitrogens with zero attached hydrogens (tertiary/aromatic N) is 3. The molecule has 0 saturated carbocycles. The van der Waals surface area contributed by atoms with E-state index in [4.69, 9.17) is 4.74 Å². The topological polar surface area (TPSA) is 77.2 Å². The molecule has 0 aliphatic rings. The van der Waals surface area contributed by atoms with Crippen molar-refractivity contribution in [3.8, 4) is 17.0 Å². The van der Waals surface area contributed by atoms with E-state index in [0.717, 1.165) is 27.9 Å². The predicted octanol–water partition coefficient (Wildman–Crippen LogP) is 3.85. The molecule has 0 aliphatic carbocycles. The SMILES string of the molecule is COc1ccc2c(c1)cc(-c1ccncc1)n2Cc1cccc(C(=O)O)n1. The molecule has 1 N–H and O–H groups in total. The molecule has 4 rings (SSSR count). The summed E-state index contributed by atoms with van der Waals surface area (Å²) in [7, 11) is 1.64. The average Bonchev–Trinajstić information content (AvgIpc) is 3.06. The lowest BCUT2D eigenvalue weighted by molar-refractivity contribution is 0.0690. The Morgan fingerprint density at radius 2 is 1.93 bits per heavy atom. The molecule has 3 heterocycles. The molecule has 0 radical (unpaired) electrons. The van der Waals surface area contributed by atoms with E-state index in [2.05, 4.69) is 20.6 Å². The molecule has 0 saturated heterocycles. The molecule has 0 amide bonds. The van der Waals surface area contributed by atoms with Crippen molar-refractivity contribution < 1.29 is 14.6 Å². The molecule has 0 fully saturated rings. The number of rotatable bonds is 5. The number of fused-ring (bicyclic) bond motifs is 1. The molecule has 0 atom stereocenters. The number of carboxylic acids is 1. The molecule has 27 heavy (non-hydrogen) atoms. The maximum atomic E-state index is 11.2. The Balaban J connectivity index is 1.87. The lowest BCUT2D eigenvalue weighted by atomic mass is 10.2. The molecule has 4 aromatic rings. The van der Waals surface area contributed by atoms with Gasteiger partial charge in [0.25, 0.3) is 0 Å². The summed E-state index contributed by atoms with van der Waals surface area (Å²) < 4.78 is 7.46. The third-order valence-corrected chi connectivity index (χ3v) is 4.43. The van der Waals surface area contributed by atoms with E-state index < -0.39 is 5.97 Å². The smallest absolute Gasteiger partial charge is 0.354 e. The Hall–Kier alpha value is -3.67. The summed E-state index contributed by atoms with van der Waals surface area (Å²) in [6.07, 6.45) is 3.50. The van der Waals surface area contributed by atoms with Gasteiger partial charge in [-0.05, 0) is 48.5 Å². The zero-order valence-corrected chi connectivity index (χ0v) is 14.7. The number of aromatic carboxylic acids is 1. The van der Waals surface area contributed by atoms with Crippen LogP contribution >= 0.6 is 0 Å². The fraction of sp³-hybridized carbons (Fsp3) is 0.0952. The van der Waals surface area contributed by atoms with E-state index in [9.17, 15) is 9.90 Å². The highest BCUT2D eigenvalue weighted by molar-refractivity contribution is 5.88. The second-order valence-electron chi connectivity index (χ2n) is 6.10. The van der Waals surface area contributed by atoms with Crippen molar-refractivity contribution in [1.82, 2.24) is 14.5 Å². The molecule has 3 aromatic heterocycles. The summed E-state index contributed by atoms with van der Waals surface area (Å²) in [5, 5.41) is 10.2. The van der Waals surface area contributed by atoms with Gasteiger partial charge in [0.2, 0.25) is 0 Å². The van der Waals surface area contributed by atoms with Gasteiger partial charge in [0.05, 0.1) is 19.3 Å². The van der Waals surface area contributed by atoms with Crippen molar-refractivity contribution in [2.75, 3.05) is 7.11 Å². The first-order valence-electron chi connectivity index (χ1n) is 8.42. The molecular formula is C21H17N3O3. The minimum Gasteiger partial charge on any atom is -0.497 e. The van der Waals surface area contributed by atoms with E-state index in [1.54, 1.807) is 25.6 Å². The van der Waals surface area contributed by atoms with E-state index in [-0.39, 0.29) is 5.69 Å². The third kappa shape index (κ3) is 3.25. The Bertz CT molecular complexity index is 1120. The number of ether oxygens (including phenoxy) is 1. The Morgan fingerprint density at radius 1 is 1.11 bits per heavy atom. The van der Waals surface area contributed by atoms with Crippen molar-refractivity contribution in [1.29, 1.82) is 0 Å². The van der Waals surface area contributed by atoms with Gasteiger partial charge >= 0.3 is 5.97 Å². The van der Waals surface area contributed by atoms with Crippen LogP contribution in [0.5, 0.6) is 5.75 Å². The van der Waals surface area contributed by atoms with E-state index in [0.29, 0.717) is 12.2 Å². The van der Waals surface area contributed by atoms with Crippen LogP contribution in [0, 0.1) is 0 Å². The molecule has 0 aliphatic heterocycles. The van der Waals surface area contributed by atoms with Crippen LogP contribution in [0.25, 0.3) is 22.2 Å². The first kappa shape index (κ1) is 16.8. The van der Waals surface area contributed by atoms with Crippen molar-refractivity contribution in [3.63, 3.8) is 0 Å². The summed E-state index contributed by atoms with van der Waals surface area (Å²) >= 11 is 0. The van der Waals surface area contributed by atoms with Gasteiger partial charge < -0.3 is 14.4 Å². The maximum absolute atomic E-state index is 11.2.